The third kappa shape index (κ3) is 4.99. The number of rotatable bonds is 4. The van der Waals surface area contributed by atoms with Crippen molar-refractivity contribution in [3.8, 4) is 0 Å². The molecule has 1 aromatic rings. The van der Waals surface area contributed by atoms with Crippen molar-refractivity contribution in [1.82, 2.24) is 14.9 Å². The Morgan fingerprint density at radius 3 is 2.31 bits per heavy atom. The van der Waals surface area contributed by atoms with Gasteiger partial charge >= 0.3 is 6.09 Å². The molecule has 0 N–H and O–H groups in total. The van der Waals surface area contributed by atoms with Crippen LogP contribution in [0.25, 0.3) is 0 Å². The molecule has 0 aromatic carbocycles. The molecule has 0 atom stereocenters. The van der Waals surface area contributed by atoms with Gasteiger partial charge in [0.05, 0.1) is 6.61 Å². The minimum atomic E-state index is -0.197. The van der Waals surface area contributed by atoms with Crippen LogP contribution in [0, 0.1) is 5.92 Å². The molecule has 0 bridgehead atoms. The fraction of sp³-hybridized carbons (Fsp3) is 0.737. The zero-order valence-electron chi connectivity index (χ0n) is 16.1. The van der Waals surface area contributed by atoms with Crippen LogP contribution in [0.15, 0.2) is 12.4 Å². The number of nitrogens with zero attached hydrogens (tertiary/aromatic N) is 5. The Bertz CT molecular complexity index is 589. The van der Waals surface area contributed by atoms with Gasteiger partial charge in [-0.25, -0.2) is 14.8 Å². The van der Waals surface area contributed by atoms with Gasteiger partial charge in [0.15, 0.2) is 0 Å². The molecule has 2 aliphatic rings. The summed E-state index contributed by atoms with van der Waals surface area (Å²) in [6, 6.07) is 2.10. The number of amides is 1. The van der Waals surface area contributed by atoms with Crippen molar-refractivity contribution in [2.45, 2.75) is 39.5 Å². The van der Waals surface area contributed by atoms with Crippen LogP contribution in [0.4, 0.5) is 16.4 Å². The van der Waals surface area contributed by atoms with Gasteiger partial charge in [-0.2, -0.15) is 0 Å². The van der Waals surface area contributed by atoms with E-state index < -0.39 is 0 Å². The predicted molar refractivity (Wildman–Crippen MR) is 103 cm³/mol. The summed E-state index contributed by atoms with van der Waals surface area (Å²) in [5.74, 6) is 2.33. The zero-order valence-corrected chi connectivity index (χ0v) is 16.1. The van der Waals surface area contributed by atoms with Gasteiger partial charge in [0.2, 0.25) is 0 Å². The van der Waals surface area contributed by atoms with E-state index >= 15 is 0 Å². The van der Waals surface area contributed by atoms with Crippen LogP contribution in [0.3, 0.4) is 0 Å². The number of hydrogen-bond acceptors (Lipinski definition) is 6. The Balaban J connectivity index is 1.59. The zero-order chi connectivity index (χ0) is 18.4. The molecule has 0 aliphatic carbocycles. The third-order valence-electron chi connectivity index (χ3n) is 4.94. The first-order valence-electron chi connectivity index (χ1n) is 9.87. The van der Waals surface area contributed by atoms with Crippen molar-refractivity contribution in [3.63, 3.8) is 0 Å². The molecule has 7 nitrogen and oxygen atoms in total. The third-order valence-corrected chi connectivity index (χ3v) is 4.94. The van der Waals surface area contributed by atoms with Gasteiger partial charge < -0.3 is 19.4 Å². The molecule has 2 fully saturated rings. The summed E-state index contributed by atoms with van der Waals surface area (Å²) in [5, 5.41) is 0. The molecule has 144 valence electrons. The summed E-state index contributed by atoms with van der Waals surface area (Å²) in [4.78, 5) is 27.6. The lowest BCUT2D eigenvalue weighted by Crippen LogP contribution is -2.36. The van der Waals surface area contributed by atoms with Crippen molar-refractivity contribution in [2.24, 2.45) is 5.92 Å². The second-order valence-electron chi connectivity index (χ2n) is 7.58. The Morgan fingerprint density at radius 2 is 1.62 bits per heavy atom. The molecule has 0 spiro atoms. The van der Waals surface area contributed by atoms with E-state index in [2.05, 4.69) is 25.8 Å². The van der Waals surface area contributed by atoms with Crippen molar-refractivity contribution >= 4 is 17.7 Å². The summed E-state index contributed by atoms with van der Waals surface area (Å²) in [6.45, 7) is 9.79. The molecule has 0 radical (unpaired) electrons. The number of carbonyl (C=O) groups is 1. The van der Waals surface area contributed by atoms with Gasteiger partial charge in [0.25, 0.3) is 0 Å². The van der Waals surface area contributed by atoms with E-state index in [9.17, 15) is 4.79 Å². The van der Waals surface area contributed by atoms with Crippen LogP contribution >= 0.6 is 0 Å². The van der Waals surface area contributed by atoms with Gasteiger partial charge in [-0.1, -0.05) is 13.8 Å². The fourth-order valence-electron chi connectivity index (χ4n) is 3.46. The van der Waals surface area contributed by atoms with E-state index in [1.54, 1.807) is 6.33 Å². The minimum Gasteiger partial charge on any atom is -0.449 e. The first kappa shape index (κ1) is 18.7. The Kier molecular flexibility index (Phi) is 6.52. The quantitative estimate of drug-likeness (QED) is 0.822. The molecule has 2 aliphatic heterocycles. The van der Waals surface area contributed by atoms with Gasteiger partial charge in [-0.15, -0.1) is 0 Å². The molecule has 7 heteroatoms. The second-order valence-corrected chi connectivity index (χ2v) is 7.58. The maximum absolute atomic E-state index is 12.2. The summed E-state index contributed by atoms with van der Waals surface area (Å²) < 4.78 is 5.37. The van der Waals surface area contributed by atoms with Gasteiger partial charge in [-0.05, 0) is 31.6 Å². The standard InChI is InChI=1S/C19H31N5O2/c1-16(2)14-26-19(25)24-10-6-9-23(11-12-24)18-13-17(20-15-21-18)22-7-4-3-5-8-22/h13,15-16H,3-12,14H2,1-2H3. The molecule has 0 unspecified atom stereocenters. The second kappa shape index (κ2) is 9.05. The number of carbonyl (C=O) groups excluding carboxylic acids is 1. The summed E-state index contributed by atoms with van der Waals surface area (Å²) >= 11 is 0. The Hall–Kier alpha value is -2.05. The highest BCUT2D eigenvalue weighted by Gasteiger charge is 2.22. The van der Waals surface area contributed by atoms with Crippen LogP contribution in [0.5, 0.6) is 0 Å². The van der Waals surface area contributed by atoms with E-state index in [0.717, 1.165) is 50.8 Å². The SMILES string of the molecule is CC(C)COC(=O)N1CCCN(c2cc(N3CCCCC3)ncn2)CC1. The number of ether oxygens (including phenoxy) is 1. The lowest BCUT2D eigenvalue weighted by Gasteiger charge is -2.29. The van der Waals surface area contributed by atoms with Gasteiger partial charge in [0.1, 0.15) is 18.0 Å². The van der Waals surface area contributed by atoms with E-state index in [1.165, 1.54) is 19.3 Å². The van der Waals surface area contributed by atoms with Crippen molar-refractivity contribution in [2.75, 3.05) is 55.7 Å². The van der Waals surface area contributed by atoms with Crippen LogP contribution in [-0.4, -0.2) is 66.8 Å². The van der Waals surface area contributed by atoms with E-state index in [-0.39, 0.29) is 6.09 Å². The Labute approximate surface area is 156 Å². The first-order chi connectivity index (χ1) is 12.6. The van der Waals surface area contributed by atoms with Crippen LogP contribution in [0.1, 0.15) is 39.5 Å². The molecular weight excluding hydrogens is 330 g/mol. The summed E-state index contributed by atoms with van der Waals surface area (Å²) in [6.07, 6.45) is 6.16. The van der Waals surface area contributed by atoms with Gasteiger partial charge in [0, 0.05) is 45.3 Å². The number of aromatic nitrogens is 2. The van der Waals surface area contributed by atoms with E-state index in [4.69, 9.17) is 4.74 Å². The number of hydrogen-bond donors (Lipinski definition) is 0. The molecule has 3 heterocycles. The average molecular weight is 361 g/mol. The van der Waals surface area contributed by atoms with Gasteiger partial charge in [-0.3, -0.25) is 0 Å². The van der Waals surface area contributed by atoms with Crippen LogP contribution in [-0.2, 0) is 4.74 Å². The lowest BCUT2D eigenvalue weighted by molar-refractivity contribution is 0.0943. The molecule has 1 amide bonds. The van der Waals surface area contributed by atoms with Crippen LogP contribution in [0.2, 0.25) is 0 Å². The number of piperidine rings is 1. The van der Waals surface area contributed by atoms with Crippen LogP contribution < -0.4 is 9.80 Å². The first-order valence-corrected chi connectivity index (χ1v) is 9.87. The highest BCUT2D eigenvalue weighted by molar-refractivity contribution is 5.67. The maximum Gasteiger partial charge on any atom is 0.409 e. The predicted octanol–water partition coefficient (Wildman–Crippen LogP) is 2.77. The molecule has 2 saturated heterocycles. The van der Waals surface area contributed by atoms with Crippen molar-refractivity contribution in [1.29, 1.82) is 0 Å². The molecule has 1 aromatic heterocycles. The normalized spacial score (nSPS) is 18.8. The fourth-order valence-corrected chi connectivity index (χ4v) is 3.46. The molecule has 0 saturated carbocycles. The minimum absolute atomic E-state index is 0.197. The molecular formula is C19H31N5O2. The van der Waals surface area contributed by atoms with Crippen molar-refractivity contribution < 1.29 is 9.53 Å². The maximum atomic E-state index is 12.2. The smallest absolute Gasteiger partial charge is 0.409 e. The Morgan fingerprint density at radius 1 is 0.962 bits per heavy atom. The number of anilines is 2. The lowest BCUT2D eigenvalue weighted by atomic mass is 10.1. The average Bonchev–Trinajstić information content (AvgIpc) is 2.93. The summed E-state index contributed by atoms with van der Waals surface area (Å²) in [5.41, 5.74) is 0. The van der Waals surface area contributed by atoms with Crippen molar-refractivity contribution in [3.05, 3.63) is 12.4 Å². The summed E-state index contributed by atoms with van der Waals surface area (Å²) in [7, 11) is 0. The monoisotopic (exact) mass is 361 g/mol. The van der Waals surface area contributed by atoms with E-state index in [0.29, 0.717) is 19.1 Å². The highest BCUT2D eigenvalue weighted by Crippen LogP contribution is 2.22. The van der Waals surface area contributed by atoms with E-state index in [1.807, 2.05) is 18.7 Å². The molecule has 26 heavy (non-hydrogen) atoms. The largest absolute Gasteiger partial charge is 0.449 e. The molecule has 3 rings (SSSR count). The highest BCUT2D eigenvalue weighted by atomic mass is 16.6. The topological polar surface area (TPSA) is 61.8 Å².